The van der Waals surface area contributed by atoms with Crippen LogP contribution in [0.4, 0.5) is 15.8 Å². The van der Waals surface area contributed by atoms with Gasteiger partial charge in [-0.2, -0.15) is 0 Å². The fourth-order valence-corrected chi connectivity index (χ4v) is 4.32. The molecule has 6 nitrogen and oxygen atoms in total. The van der Waals surface area contributed by atoms with Crippen LogP contribution in [-0.2, 0) is 9.59 Å². The number of nitrogens with one attached hydrogen (secondary N) is 1. The molecular formula is C28H29ClFN3O3. The zero-order valence-electron chi connectivity index (χ0n) is 20.6. The van der Waals surface area contributed by atoms with Crippen molar-refractivity contribution in [3.05, 3.63) is 77.3 Å². The Labute approximate surface area is 215 Å². The number of carbonyl (C=O) groups is 2. The van der Waals surface area contributed by atoms with E-state index in [1.807, 2.05) is 31.7 Å². The third kappa shape index (κ3) is 6.15. The number of hydrogen-bond acceptors (Lipinski definition) is 4. The summed E-state index contributed by atoms with van der Waals surface area (Å²) >= 11 is 6.53. The zero-order valence-corrected chi connectivity index (χ0v) is 21.3. The number of piperazine rings is 1. The lowest BCUT2D eigenvalue weighted by molar-refractivity contribution is -0.139. The van der Waals surface area contributed by atoms with Crippen molar-refractivity contribution in [3.63, 3.8) is 0 Å². The first-order chi connectivity index (χ1) is 17.1. The molecular weight excluding hydrogens is 481 g/mol. The quantitative estimate of drug-likeness (QED) is 0.423. The van der Waals surface area contributed by atoms with Gasteiger partial charge in [0, 0.05) is 48.9 Å². The number of nitrogens with zero attached hydrogens (tertiary/aromatic N) is 2. The Morgan fingerprint density at radius 1 is 1.00 bits per heavy atom. The molecule has 8 heteroatoms. The van der Waals surface area contributed by atoms with E-state index < -0.39 is 5.41 Å². The zero-order chi connectivity index (χ0) is 25.9. The summed E-state index contributed by atoms with van der Waals surface area (Å²) in [7, 11) is 0. The van der Waals surface area contributed by atoms with Crippen molar-refractivity contribution in [1.82, 2.24) is 4.90 Å². The van der Waals surface area contributed by atoms with Crippen molar-refractivity contribution in [1.29, 1.82) is 0 Å². The minimum absolute atomic E-state index is 0.153. The molecule has 4 rings (SSSR count). The van der Waals surface area contributed by atoms with Gasteiger partial charge in [-0.15, -0.1) is 0 Å². The average Bonchev–Trinajstić information content (AvgIpc) is 3.32. The Morgan fingerprint density at radius 2 is 1.69 bits per heavy atom. The van der Waals surface area contributed by atoms with Crippen LogP contribution in [0.15, 0.2) is 65.1 Å². The molecule has 0 spiro atoms. The van der Waals surface area contributed by atoms with E-state index in [1.54, 1.807) is 42.5 Å². The molecule has 1 aliphatic heterocycles. The standard InChI is InChI=1S/C28H29ClFN3O3/c1-28(2,3)27(35)33-16-14-32(15-17-33)24-11-8-21(18-23(24)29)31-26(34)13-10-22-9-12-25(36-22)19-4-6-20(30)7-5-19/h4-13,18H,14-17H2,1-3H3,(H,31,34)/b13-10+. The highest BCUT2D eigenvalue weighted by Gasteiger charge is 2.30. The Bertz CT molecular complexity index is 1270. The van der Waals surface area contributed by atoms with Crippen LogP contribution >= 0.6 is 11.6 Å². The van der Waals surface area contributed by atoms with E-state index in [-0.39, 0.29) is 17.6 Å². The average molecular weight is 510 g/mol. The fourth-order valence-electron chi connectivity index (χ4n) is 4.02. The van der Waals surface area contributed by atoms with E-state index in [0.29, 0.717) is 48.4 Å². The predicted molar refractivity (Wildman–Crippen MR) is 141 cm³/mol. The summed E-state index contributed by atoms with van der Waals surface area (Å²) in [5, 5.41) is 3.33. The van der Waals surface area contributed by atoms with Crippen molar-refractivity contribution in [3.8, 4) is 11.3 Å². The maximum absolute atomic E-state index is 13.1. The number of hydrogen-bond donors (Lipinski definition) is 1. The van der Waals surface area contributed by atoms with Crippen LogP contribution in [-0.4, -0.2) is 42.9 Å². The molecule has 0 atom stereocenters. The van der Waals surface area contributed by atoms with Gasteiger partial charge in [-0.05, 0) is 60.7 Å². The minimum Gasteiger partial charge on any atom is -0.457 e. The van der Waals surface area contributed by atoms with E-state index >= 15 is 0 Å². The van der Waals surface area contributed by atoms with Crippen molar-refractivity contribution in [2.45, 2.75) is 20.8 Å². The first-order valence-corrected chi connectivity index (χ1v) is 12.2. The molecule has 1 saturated heterocycles. The summed E-state index contributed by atoms with van der Waals surface area (Å²) in [6.07, 6.45) is 2.94. The number of benzene rings is 2. The Kier molecular flexibility index (Phi) is 7.50. The smallest absolute Gasteiger partial charge is 0.248 e. The summed E-state index contributed by atoms with van der Waals surface area (Å²) in [5.41, 5.74) is 1.80. The molecule has 2 aromatic carbocycles. The van der Waals surface area contributed by atoms with Gasteiger partial charge in [-0.25, -0.2) is 4.39 Å². The normalized spacial score (nSPS) is 14.4. The SMILES string of the molecule is CC(C)(C)C(=O)N1CCN(c2ccc(NC(=O)/C=C/c3ccc(-c4ccc(F)cc4)o3)cc2Cl)CC1. The van der Waals surface area contributed by atoms with Crippen LogP contribution in [0.2, 0.25) is 5.02 Å². The van der Waals surface area contributed by atoms with E-state index in [0.717, 1.165) is 11.3 Å². The van der Waals surface area contributed by atoms with Gasteiger partial charge in [0.2, 0.25) is 11.8 Å². The molecule has 1 fully saturated rings. The predicted octanol–water partition coefficient (Wildman–Crippen LogP) is 6.09. The van der Waals surface area contributed by atoms with Crippen LogP contribution in [0.1, 0.15) is 26.5 Å². The number of rotatable bonds is 5. The molecule has 0 saturated carbocycles. The van der Waals surface area contributed by atoms with E-state index in [4.69, 9.17) is 16.0 Å². The number of halogens is 2. The summed E-state index contributed by atoms with van der Waals surface area (Å²) in [4.78, 5) is 29.0. The molecule has 36 heavy (non-hydrogen) atoms. The van der Waals surface area contributed by atoms with Gasteiger partial charge in [0.25, 0.3) is 0 Å². The first kappa shape index (κ1) is 25.5. The van der Waals surface area contributed by atoms with Gasteiger partial charge in [-0.3, -0.25) is 9.59 Å². The molecule has 3 aromatic rings. The molecule has 0 bridgehead atoms. The maximum atomic E-state index is 13.1. The van der Waals surface area contributed by atoms with E-state index in [2.05, 4.69) is 10.2 Å². The van der Waals surface area contributed by atoms with E-state index in [1.165, 1.54) is 18.2 Å². The monoisotopic (exact) mass is 509 g/mol. The number of anilines is 2. The maximum Gasteiger partial charge on any atom is 0.248 e. The van der Waals surface area contributed by atoms with Gasteiger partial charge in [0.05, 0.1) is 10.7 Å². The topological polar surface area (TPSA) is 65.8 Å². The van der Waals surface area contributed by atoms with Crippen molar-refractivity contribution in [2.24, 2.45) is 5.41 Å². The molecule has 0 aliphatic carbocycles. The lowest BCUT2D eigenvalue weighted by Crippen LogP contribution is -2.51. The second-order valence-electron chi connectivity index (χ2n) is 9.73. The van der Waals surface area contributed by atoms with E-state index in [9.17, 15) is 14.0 Å². The summed E-state index contributed by atoms with van der Waals surface area (Å²) in [6.45, 7) is 8.47. The first-order valence-electron chi connectivity index (χ1n) is 11.8. The highest BCUT2D eigenvalue weighted by Crippen LogP contribution is 2.30. The summed E-state index contributed by atoms with van der Waals surface area (Å²) in [5.74, 6) is 0.599. The van der Waals surface area contributed by atoms with Gasteiger partial charge < -0.3 is 19.5 Å². The molecule has 1 aromatic heterocycles. The van der Waals surface area contributed by atoms with Gasteiger partial charge >= 0.3 is 0 Å². The lowest BCUT2D eigenvalue weighted by atomic mass is 9.94. The van der Waals surface area contributed by atoms with Crippen molar-refractivity contribution >= 4 is 40.9 Å². The van der Waals surface area contributed by atoms with Crippen LogP contribution in [0, 0.1) is 11.2 Å². The fraction of sp³-hybridized carbons (Fsp3) is 0.286. The molecule has 2 heterocycles. The molecule has 0 unspecified atom stereocenters. The highest BCUT2D eigenvalue weighted by atomic mass is 35.5. The second kappa shape index (κ2) is 10.6. The number of amides is 2. The number of furan rings is 1. The van der Waals surface area contributed by atoms with Gasteiger partial charge in [0.1, 0.15) is 17.3 Å². The second-order valence-corrected chi connectivity index (χ2v) is 10.1. The molecule has 1 aliphatic rings. The molecule has 1 N–H and O–H groups in total. The molecule has 188 valence electrons. The van der Waals surface area contributed by atoms with Crippen LogP contribution in [0.5, 0.6) is 0 Å². The van der Waals surface area contributed by atoms with Gasteiger partial charge in [0.15, 0.2) is 0 Å². The Hall–Kier alpha value is -3.58. The summed E-state index contributed by atoms with van der Waals surface area (Å²) in [6, 6.07) is 14.9. The van der Waals surface area contributed by atoms with Crippen molar-refractivity contribution < 1.29 is 18.4 Å². The largest absolute Gasteiger partial charge is 0.457 e. The highest BCUT2D eigenvalue weighted by molar-refractivity contribution is 6.33. The van der Waals surface area contributed by atoms with Crippen LogP contribution < -0.4 is 10.2 Å². The molecule has 2 amide bonds. The third-order valence-corrected chi connectivity index (χ3v) is 6.22. The number of carbonyl (C=O) groups excluding carboxylic acids is 2. The van der Waals surface area contributed by atoms with Crippen LogP contribution in [0.3, 0.4) is 0 Å². The Balaban J connectivity index is 1.33. The third-order valence-electron chi connectivity index (χ3n) is 5.92. The molecule has 0 radical (unpaired) electrons. The minimum atomic E-state index is -0.393. The summed E-state index contributed by atoms with van der Waals surface area (Å²) < 4.78 is 18.8. The Morgan fingerprint density at radius 3 is 2.33 bits per heavy atom. The van der Waals surface area contributed by atoms with Gasteiger partial charge in [-0.1, -0.05) is 32.4 Å². The van der Waals surface area contributed by atoms with Crippen molar-refractivity contribution in [2.75, 3.05) is 36.4 Å². The van der Waals surface area contributed by atoms with Crippen LogP contribution in [0.25, 0.3) is 17.4 Å². The lowest BCUT2D eigenvalue weighted by Gasteiger charge is -2.39.